The molecular formula is C59H83N3O10S2. The Morgan fingerprint density at radius 3 is 1.69 bits per heavy atom. The lowest BCUT2D eigenvalue weighted by molar-refractivity contribution is -0.164. The van der Waals surface area contributed by atoms with Gasteiger partial charge in [0.2, 0.25) is 5.13 Å². The van der Waals surface area contributed by atoms with Gasteiger partial charge in [0.25, 0.3) is 0 Å². The maximum absolute atomic E-state index is 12.0. The summed E-state index contributed by atoms with van der Waals surface area (Å²) in [6.45, 7) is 29.4. The number of carbonyl (C=O) groups excluding carboxylic acids is 3. The summed E-state index contributed by atoms with van der Waals surface area (Å²) in [6, 6.07) is 25.7. The minimum atomic E-state index is -0.947. The van der Waals surface area contributed by atoms with Crippen molar-refractivity contribution in [2.45, 2.75) is 144 Å². The highest BCUT2D eigenvalue weighted by Gasteiger charge is 2.37. The molecule has 0 aliphatic heterocycles. The molecule has 3 aromatic carbocycles. The second-order valence-electron chi connectivity index (χ2n) is 18.9. The molecule has 4 atom stereocenters. The Bertz CT molecular complexity index is 2310. The van der Waals surface area contributed by atoms with E-state index in [1.54, 1.807) is 43.8 Å². The standard InChI is InChI=1S/C16H26O6.C15H19N3S2.C11H14O2.C9H16O2.C8H8/c1-4-16(2,3)15(20)22-10-9-21-14(19)12-8-6-5-7-11(12)13(17)18;1-4-11(3)13-8-6-12(7-9-13)10-16-14-17-18-15(20-14)19-5-2;1-3-8(2)9-4-6-10(7-5-9)11(12)13;1-5-7-11-8(10)9(3,4)6-2;1-2-8-6-4-3-5-7-8/h11-12H,4-10H2,1-3H3,(H,17,18);6-11H,4-5H2,1-3H3;4-8H,3H2,1-2H3,(H,12,13);5H,1,6-7H2,2-4H3;2-7H,1H2. The van der Waals surface area contributed by atoms with Crippen LogP contribution in [0, 0.1) is 22.7 Å². The van der Waals surface area contributed by atoms with Crippen LogP contribution in [-0.2, 0) is 33.4 Å². The van der Waals surface area contributed by atoms with Crippen molar-refractivity contribution in [1.29, 1.82) is 0 Å². The molecular weight excluding hydrogens is 975 g/mol. The van der Waals surface area contributed by atoms with Crippen molar-refractivity contribution in [1.82, 2.24) is 10.2 Å². The number of thioether (sulfide) groups is 1. The van der Waals surface area contributed by atoms with E-state index in [9.17, 15) is 24.0 Å². The van der Waals surface area contributed by atoms with Crippen LogP contribution in [0.4, 0.5) is 5.13 Å². The average molecular weight is 1060 g/mol. The summed E-state index contributed by atoms with van der Waals surface area (Å²) in [6.07, 6.45) is 11.7. The third-order valence-electron chi connectivity index (χ3n) is 12.6. The zero-order valence-electron chi connectivity index (χ0n) is 45.8. The van der Waals surface area contributed by atoms with Crippen molar-refractivity contribution in [3.05, 3.63) is 126 Å². The van der Waals surface area contributed by atoms with Crippen LogP contribution in [0.3, 0.4) is 0 Å². The average Bonchev–Trinajstić information content (AvgIpc) is 3.88. The molecule has 0 saturated heterocycles. The predicted molar refractivity (Wildman–Crippen MR) is 302 cm³/mol. The molecule has 1 aliphatic rings. The molecule has 4 aromatic rings. The summed E-state index contributed by atoms with van der Waals surface area (Å²) in [4.78, 5) is 61.0. The first-order chi connectivity index (χ1) is 35.1. The monoisotopic (exact) mass is 1060 g/mol. The molecule has 2 N–H and O–H groups in total. The normalized spacial score (nSPS) is 14.7. The molecule has 1 aromatic heterocycles. The van der Waals surface area contributed by atoms with Crippen molar-refractivity contribution in [3.63, 3.8) is 0 Å². The number of hydrogen-bond acceptors (Lipinski definition) is 13. The molecule has 406 valence electrons. The number of carboxylic acids is 2. The van der Waals surface area contributed by atoms with E-state index < -0.39 is 35.2 Å². The number of nitrogens with zero attached hydrogens (tertiary/aromatic N) is 3. The summed E-state index contributed by atoms with van der Waals surface area (Å²) in [5, 5.41) is 26.7. The molecule has 5 rings (SSSR count). The van der Waals surface area contributed by atoms with E-state index in [1.165, 1.54) is 28.0 Å². The maximum Gasteiger partial charge on any atom is 0.335 e. The van der Waals surface area contributed by atoms with Crippen molar-refractivity contribution in [2.75, 3.05) is 25.6 Å². The van der Waals surface area contributed by atoms with Crippen molar-refractivity contribution < 1.29 is 48.4 Å². The van der Waals surface area contributed by atoms with E-state index in [0.717, 1.165) is 47.8 Å². The summed E-state index contributed by atoms with van der Waals surface area (Å²) < 4.78 is 16.0. The van der Waals surface area contributed by atoms with E-state index in [-0.39, 0.29) is 30.6 Å². The predicted octanol–water partition coefficient (Wildman–Crippen LogP) is 14.7. The summed E-state index contributed by atoms with van der Waals surface area (Å²) in [7, 11) is 0. The zero-order valence-corrected chi connectivity index (χ0v) is 47.4. The van der Waals surface area contributed by atoms with E-state index in [0.29, 0.717) is 48.4 Å². The molecule has 0 amide bonds. The molecule has 4 unspecified atom stereocenters. The molecule has 1 aliphatic carbocycles. The minimum Gasteiger partial charge on any atom is -0.481 e. The second kappa shape index (κ2) is 36.1. The molecule has 15 heteroatoms. The van der Waals surface area contributed by atoms with Crippen molar-refractivity contribution in [3.8, 4) is 0 Å². The topological polar surface area (TPSA) is 192 Å². The third kappa shape index (κ3) is 25.3. The van der Waals surface area contributed by atoms with Gasteiger partial charge in [0.15, 0.2) is 4.34 Å². The van der Waals surface area contributed by atoms with Gasteiger partial charge < -0.3 is 24.4 Å². The summed E-state index contributed by atoms with van der Waals surface area (Å²) >= 11 is 3.23. The van der Waals surface area contributed by atoms with Gasteiger partial charge >= 0.3 is 29.8 Å². The molecule has 0 bridgehead atoms. The third-order valence-corrected chi connectivity index (χ3v) is 14.5. The number of carbonyl (C=O) groups is 5. The number of aliphatic imine (C=N–C) groups is 1. The van der Waals surface area contributed by atoms with Crippen LogP contribution in [0.2, 0.25) is 0 Å². The lowest BCUT2D eigenvalue weighted by Crippen LogP contribution is -2.34. The van der Waals surface area contributed by atoms with Crippen LogP contribution < -0.4 is 0 Å². The number of esters is 3. The fourth-order valence-electron chi connectivity index (χ4n) is 6.40. The highest BCUT2D eigenvalue weighted by Crippen LogP contribution is 2.32. The van der Waals surface area contributed by atoms with Crippen LogP contribution in [0.25, 0.3) is 6.08 Å². The van der Waals surface area contributed by atoms with Gasteiger partial charge in [-0.3, -0.25) is 19.2 Å². The van der Waals surface area contributed by atoms with E-state index >= 15 is 0 Å². The number of aromatic carboxylic acids is 1. The molecule has 0 spiro atoms. The first-order valence-corrected chi connectivity index (χ1v) is 27.4. The maximum atomic E-state index is 12.0. The van der Waals surface area contributed by atoms with E-state index in [1.807, 2.05) is 82.5 Å². The van der Waals surface area contributed by atoms with Crippen LogP contribution in [0.1, 0.15) is 172 Å². The van der Waals surface area contributed by atoms with Gasteiger partial charge in [0, 0.05) is 6.21 Å². The Morgan fingerprint density at radius 1 is 0.716 bits per heavy atom. The first kappa shape index (κ1) is 66.1. The van der Waals surface area contributed by atoms with Crippen molar-refractivity contribution >= 4 is 70.4 Å². The lowest BCUT2D eigenvalue weighted by atomic mass is 9.79. The molecule has 0 radical (unpaired) electrons. The molecule has 1 fully saturated rings. The van der Waals surface area contributed by atoms with Crippen LogP contribution in [0.5, 0.6) is 0 Å². The Morgan fingerprint density at radius 2 is 1.23 bits per heavy atom. The Labute approximate surface area is 449 Å². The molecule has 1 heterocycles. The van der Waals surface area contributed by atoms with Crippen LogP contribution in [-0.4, -0.2) is 82.0 Å². The second-order valence-corrected chi connectivity index (χ2v) is 21.3. The van der Waals surface area contributed by atoms with Gasteiger partial charge in [-0.15, -0.1) is 10.2 Å². The molecule has 13 nitrogen and oxygen atoms in total. The van der Waals surface area contributed by atoms with Gasteiger partial charge in [0.1, 0.15) is 19.8 Å². The molecule has 74 heavy (non-hydrogen) atoms. The number of ether oxygens (including phenoxy) is 3. The fraction of sp³-hybridized carbons (Fsp3) is 0.492. The van der Waals surface area contributed by atoms with Gasteiger partial charge in [-0.2, -0.15) is 0 Å². The summed E-state index contributed by atoms with van der Waals surface area (Å²) in [5.74, 6) is -1.93. The van der Waals surface area contributed by atoms with Gasteiger partial charge in [-0.25, -0.2) is 9.79 Å². The number of aromatic nitrogens is 2. The largest absolute Gasteiger partial charge is 0.481 e. The quantitative estimate of drug-likeness (QED) is 0.0200. The number of benzene rings is 3. The SMILES string of the molecule is C=CCOC(=O)C(C)(C)CC.C=Cc1ccccc1.CCC(C)(C)C(=O)OCCOC(=O)C1CCCCC1C(=O)O.CCC(C)c1ccc(C(=O)O)cc1.CCSc1nnc(N=Cc2ccc(C(C)CC)cc2)s1. The van der Waals surface area contributed by atoms with Gasteiger partial charge in [0.05, 0.1) is 28.2 Å². The number of carboxylic acid groups (broad SMARTS) is 2. The highest BCUT2D eigenvalue weighted by molar-refractivity contribution is 8.01. The van der Waals surface area contributed by atoms with E-state index in [2.05, 4.69) is 87.2 Å². The molecule has 1 saturated carbocycles. The Balaban J connectivity index is 0.000000483. The van der Waals surface area contributed by atoms with Crippen LogP contribution in [0.15, 0.2) is 107 Å². The van der Waals surface area contributed by atoms with Gasteiger partial charge in [-0.1, -0.05) is 176 Å². The highest BCUT2D eigenvalue weighted by atomic mass is 32.2. The zero-order chi connectivity index (χ0) is 55.7. The first-order valence-electron chi connectivity index (χ1n) is 25.6. The fourth-order valence-corrected chi connectivity index (χ4v) is 7.98. The summed E-state index contributed by atoms with van der Waals surface area (Å²) in [5.41, 5.74) is 4.29. The minimum absolute atomic E-state index is 0.00153. The smallest absolute Gasteiger partial charge is 0.335 e. The van der Waals surface area contributed by atoms with Gasteiger partial charge in [-0.05, 0) is 118 Å². The van der Waals surface area contributed by atoms with E-state index in [4.69, 9.17) is 24.4 Å². The number of hydrogen-bond donors (Lipinski definition) is 2. The Hall–Kier alpha value is -5.93. The van der Waals surface area contributed by atoms with Crippen molar-refractivity contribution in [2.24, 2.45) is 27.7 Å². The van der Waals surface area contributed by atoms with Crippen LogP contribution >= 0.6 is 23.1 Å². The Kier molecular flexibility index (Phi) is 32.2. The number of rotatable bonds is 21. The lowest BCUT2D eigenvalue weighted by Gasteiger charge is -2.26. The number of aliphatic carboxylic acids is 1.